The van der Waals surface area contributed by atoms with Crippen molar-refractivity contribution in [3.05, 3.63) is 0 Å². The van der Waals surface area contributed by atoms with Gasteiger partial charge in [0.25, 0.3) is 0 Å². The molecule has 0 spiro atoms. The van der Waals surface area contributed by atoms with Crippen molar-refractivity contribution in [2.45, 2.75) is 37.8 Å². The minimum absolute atomic E-state index is 0.0307. The Kier molecular flexibility index (Phi) is 3.73. The van der Waals surface area contributed by atoms with Crippen LogP contribution in [0.3, 0.4) is 0 Å². The normalized spacial score (nSPS) is 20.9. The van der Waals surface area contributed by atoms with E-state index >= 15 is 0 Å². The zero-order valence-corrected chi connectivity index (χ0v) is 10.3. The van der Waals surface area contributed by atoms with Gasteiger partial charge < -0.3 is 15.5 Å². The first-order chi connectivity index (χ1) is 6.89. The van der Waals surface area contributed by atoms with Crippen LogP contribution in [0, 0.1) is 0 Å². The van der Waals surface area contributed by atoms with Gasteiger partial charge in [-0.05, 0) is 40.3 Å². The van der Waals surface area contributed by atoms with Crippen molar-refractivity contribution >= 4 is 5.91 Å². The first-order valence-corrected chi connectivity index (χ1v) is 5.57. The highest BCUT2D eigenvalue weighted by Crippen LogP contribution is 2.36. The highest BCUT2D eigenvalue weighted by Gasteiger charge is 2.40. The number of carbonyl (C=O) groups excluding carboxylic acids is 1. The van der Waals surface area contributed by atoms with Gasteiger partial charge in [0, 0.05) is 19.1 Å². The van der Waals surface area contributed by atoms with E-state index < -0.39 is 6.04 Å². The Morgan fingerprint density at radius 3 is 2.20 bits per heavy atom. The summed E-state index contributed by atoms with van der Waals surface area (Å²) in [6.07, 6.45) is 3.62. The van der Waals surface area contributed by atoms with Crippen molar-refractivity contribution in [3.8, 4) is 0 Å². The first-order valence-electron chi connectivity index (χ1n) is 5.57. The monoisotopic (exact) mass is 213 g/mol. The quantitative estimate of drug-likeness (QED) is 0.729. The van der Waals surface area contributed by atoms with E-state index in [1.54, 1.807) is 11.8 Å². The van der Waals surface area contributed by atoms with Crippen molar-refractivity contribution < 1.29 is 4.79 Å². The van der Waals surface area contributed by atoms with Gasteiger partial charge in [-0.2, -0.15) is 0 Å². The molecule has 1 atom stereocenters. The van der Waals surface area contributed by atoms with Gasteiger partial charge in [0.15, 0.2) is 0 Å². The molecule has 0 heterocycles. The molecule has 1 saturated carbocycles. The fourth-order valence-corrected chi connectivity index (χ4v) is 2.20. The number of likely N-dealkylation sites (N-methyl/N-ethyl adjacent to an activating group) is 2. The van der Waals surface area contributed by atoms with Crippen LogP contribution in [0.2, 0.25) is 0 Å². The Hall–Kier alpha value is -0.610. The van der Waals surface area contributed by atoms with Gasteiger partial charge in [0.2, 0.25) is 5.91 Å². The SMILES string of the molecule is CC(N)C(=O)N(C)CC1(N(C)C)CCC1. The third-order valence-electron chi connectivity index (χ3n) is 3.53. The minimum Gasteiger partial charge on any atom is -0.343 e. The lowest BCUT2D eigenvalue weighted by atomic mass is 9.75. The number of rotatable bonds is 4. The fraction of sp³-hybridized carbons (Fsp3) is 0.909. The third-order valence-corrected chi connectivity index (χ3v) is 3.53. The molecular formula is C11H23N3O. The number of hydrogen-bond acceptors (Lipinski definition) is 3. The minimum atomic E-state index is -0.394. The van der Waals surface area contributed by atoms with Crippen molar-refractivity contribution in [1.82, 2.24) is 9.80 Å². The molecule has 0 aromatic rings. The number of hydrogen-bond donors (Lipinski definition) is 1. The topological polar surface area (TPSA) is 49.6 Å². The van der Waals surface area contributed by atoms with Gasteiger partial charge in [-0.25, -0.2) is 0 Å². The molecule has 0 saturated heterocycles. The van der Waals surface area contributed by atoms with Gasteiger partial charge in [0.05, 0.1) is 6.04 Å². The van der Waals surface area contributed by atoms with Crippen molar-refractivity contribution in [1.29, 1.82) is 0 Å². The Bertz CT molecular complexity index is 234. The summed E-state index contributed by atoms with van der Waals surface area (Å²) < 4.78 is 0. The van der Waals surface area contributed by atoms with E-state index in [0.717, 1.165) is 6.54 Å². The number of carbonyl (C=O) groups is 1. The van der Waals surface area contributed by atoms with E-state index in [2.05, 4.69) is 19.0 Å². The largest absolute Gasteiger partial charge is 0.343 e. The molecule has 0 radical (unpaired) electrons. The Labute approximate surface area is 92.4 Å². The van der Waals surface area contributed by atoms with Crippen LogP contribution < -0.4 is 5.73 Å². The van der Waals surface area contributed by atoms with Gasteiger partial charge >= 0.3 is 0 Å². The van der Waals surface area contributed by atoms with E-state index in [4.69, 9.17) is 5.73 Å². The molecule has 4 nitrogen and oxygen atoms in total. The highest BCUT2D eigenvalue weighted by molar-refractivity contribution is 5.81. The molecule has 0 aliphatic heterocycles. The van der Waals surface area contributed by atoms with Crippen LogP contribution in [0.4, 0.5) is 0 Å². The van der Waals surface area contributed by atoms with Crippen LogP contribution in [0.15, 0.2) is 0 Å². The summed E-state index contributed by atoms with van der Waals surface area (Å²) >= 11 is 0. The second-order valence-electron chi connectivity index (χ2n) is 4.96. The standard InChI is InChI=1S/C11H23N3O/c1-9(12)10(15)14(4)8-11(13(2)3)6-5-7-11/h9H,5-8,12H2,1-4H3. The average molecular weight is 213 g/mol. The van der Waals surface area contributed by atoms with Crippen LogP contribution in [0.25, 0.3) is 0 Å². The van der Waals surface area contributed by atoms with Gasteiger partial charge in [-0.1, -0.05) is 0 Å². The molecule has 0 aromatic carbocycles. The average Bonchev–Trinajstić information content (AvgIpc) is 2.08. The Morgan fingerprint density at radius 2 is 1.93 bits per heavy atom. The van der Waals surface area contributed by atoms with Crippen molar-refractivity contribution in [2.75, 3.05) is 27.7 Å². The lowest BCUT2D eigenvalue weighted by Gasteiger charge is -2.49. The number of nitrogens with zero attached hydrogens (tertiary/aromatic N) is 2. The maximum atomic E-state index is 11.7. The van der Waals surface area contributed by atoms with Crippen LogP contribution in [-0.4, -0.2) is 55.0 Å². The summed E-state index contributed by atoms with van der Waals surface area (Å²) in [4.78, 5) is 15.7. The van der Waals surface area contributed by atoms with Gasteiger partial charge in [-0.3, -0.25) is 4.79 Å². The molecule has 1 rings (SSSR count). The Balaban J connectivity index is 2.56. The van der Waals surface area contributed by atoms with Gasteiger partial charge in [0.1, 0.15) is 0 Å². The van der Waals surface area contributed by atoms with Crippen molar-refractivity contribution in [2.24, 2.45) is 5.73 Å². The lowest BCUT2D eigenvalue weighted by molar-refractivity contribution is -0.133. The first kappa shape index (κ1) is 12.5. The van der Waals surface area contributed by atoms with E-state index in [1.165, 1.54) is 19.3 Å². The molecular weight excluding hydrogens is 190 g/mol. The molecule has 1 aliphatic carbocycles. The second-order valence-corrected chi connectivity index (χ2v) is 4.96. The summed E-state index contributed by atoms with van der Waals surface area (Å²) in [6.45, 7) is 2.53. The molecule has 0 aromatic heterocycles. The predicted octanol–water partition coefficient (Wildman–Crippen LogP) is 0.276. The third kappa shape index (κ3) is 2.49. The molecule has 15 heavy (non-hydrogen) atoms. The predicted molar refractivity (Wildman–Crippen MR) is 61.6 cm³/mol. The van der Waals surface area contributed by atoms with Crippen LogP contribution in [0.5, 0.6) is 0 Å². The second kappa shape index (κ2) is 4.49. The van der Waals surface area contributed by atoms with Crippen LogP contribution >= 0.6 is 0 Å². The van der Waals surface area contributed by atoms with Crippen LogP contribution in [0.1, 0.15) is 26.2 Å². The maximum absolute atomic E-state index is 11.7. The van der Waals surface area contributed by atoms with E-state index in [-0.39, 0.29) is 11.4 Å². The summed E-state index contributed by atoms with van der Waals surface area (Å²) in [5.74, 6) is 0.0307. The van der Waals surface area contributed by atoms with Gasteiger partial charge in [-0.15, -0.1) is 0 Å². The maximum Gasteiger partial charge on any atom is 0.239 e. The summed E-state index contributed by atoms with van der Waals surface area (Å²) in [7, 11) is 6.02. The molecule has 1 amide bonds. The molecule has 4 heteroatoms. The van der Waals surface area contributed by atoms with E-state index in [9.17, 15) is 4.79 Å². The summed E-state index contributed by atoms with van der Waals surface area (Å²) in [5.41, 5.74) is 5.78. The van der Waals surface area contributed by atoms with Crippen molar-refractivity contribution in [3.63, 3.8) is 0 Å². The molecule has 1 fully saturated rings. The Morgan fingerprint density at radius 1 is 1.40 bits per heavy atom. The molecule has 0 bridgehead atoms. The number of nitrogens with two attached hydrogens (primary N) is 1. The zero-order valence-electron chi connectivity index (χ0n) is 10.3. The van der Waals surface area contributed by atoms with E-state index in [1.807, 2.05) is 7.05 Å². The highest BCUT2D eigenvalue weighted by atomic mass is 16.2. The lowest BCUT2D eigenvalue weighted by Crippen LogP contribution is -2.58. The molecule has 2 N–H and O–H groups in total. The zero-order chi connectivity index (χ0) is 11.6. The van der Waals surface area contributed by atoms with Crippen LogP contribution in [-0.2, 0) is 4.79 Å². The molecule has 88 valence electrons. The molecule has 1 unspecified atom stereocenters. The number of amides is 1. The summed E-state index contributed by atoms with van der Waals surface area (Å²) in [6, 6.07) is -0.394. The fourth-order valence-electron chi connectivity index (χ4n) is 2.20. The van der Waals surface area contributed by atoms with E-state index in [0.29, 0.717) is 0 Å². The molecule has 1 aliphatic rings. The smallest absolute Gasteiger partial charge is 0.239 e. The summed E-state index contributed by atoms with van der Waals surface area (Å²) in [5, 5.41) is 0.